The maximum Gasteiger partial charge on any atom is 0.435 e. The first-order chi connectivity index (χ1) is 18.0. The van der Waals surface area contributed by atoms with Crippen molar-refractivity contribution in [2.24, 2.45) is 0 Å². The van der Waals surface area contributed by atoms with Crippen LogP contribution >= 0.6 is 0 Å². The summed E-state index contributed by atoms with van der Waals surface area (Å²) in [4.78, 5) is 14.4. The number of aromatic nitrogens is 2. The first-order valence-electron chi connectivity index (χ1n) is 11.8. The topological polar surface area (TPSA) is 87.6 Å². The number of halogens is 5. The van der Waals surface area contributed by atoms with Crippen LogP contribution < -0.4 is 10.2 Å². The van der Waals surface area contributed by atoms with Crippen LogP contribution in [0.1, 0.15) is 27.2 Å². The van der Waals surface area contributed by atoms with Gasteiger partial charge in [-0.2, -0.15) is 18.3 Å². The number of rotatable bonds is 4. The number of carbonyl (C=O) groups excluding carboxylic acids is 1. The van der Waals surface area contributed by atoms with Crippen LogP contribution in [0.4, 0.5) is 33.3 Å². The maximum atomic E-state index is 15.5. The van der Waals surface area contributed by atoms with Gasteiger partial charge in [-0.05, 0) is 53.9 Å². The second-order valence-electron chi connectivity index (χ2n) is 9.42. The number of aliphatic hydroxyl groups is 1. The van der Waals surface area contributed by atoms with E-state index >= 15 is 8.78 Å². The number of aryl methyl sites for hydroxylation is 1. The third kappa shape index (κ3) is 4.69. The molecule has 1 saturated heterocycles. The van der Waals surface area contributed by atoms with E-state index in [-0.39, 0.29) is 29.8 Å². The average molecular weight is 534 g/mol. The van der Waals surface area contributed by atoms with Crippen molar-refractivity contribution in [2.75, 3.05) is 36.6 Å². The molecule has 0 aliphatic carbocycles. The molecule has 7 nitrogen and oxygen atoms in total. The molecule has 3 heterocycles. The molecule has 3 aromatic rings. The fourth-order valence-electron chi connectivity index (χ4n) is 4.95. The summed E-state index contributed by atoms with van der Waals surface area (Å²) >= 11 is 0. The van der Waals surface area contributed by atoms with Crippen LogP contribution in [-0.2, 0) is 17.3 Å². The lowest BCUT2D eigenvalue weighted by Crippen LogP contribution is -2.62. The van der Waals surface area contributed by atoms with Crippen molar-refractivity contribution < 1.29 is 36.6 Å². The Hall–Kier alpha value is -3.64. The zero-order valence-electron chi connectivity index (χ0n) is 20.1. The number of hydrogen-bond donors (Lipinski definition) is 2. The van der Waals surface area contributed by atoms with Crippen molar-refractivity contribution in [3.63, 3.8) is 0 Å². The van der Waals surface area contributed by atoms with E-state index in [1.165, 1.54) is 6.07 Å². The van der Waals surface area contributed by atoms with E-state index in [9.17, 15) is 23.1 Å². The summed E-state index contributed by atoms with van der Waals surface area (Å²) in [5.74, 6) is -1.45. The summed E-state index contributed by atoms with van der Waals surface area (Å²) in [6, 6.07) is 7.68. The van der Waals surface area contributed by atoms with Gasteiger partial charge in [0.1, 0.15) is 5.82 Å². The van der Waals surface area contributed by atoms with E-state index in [0.29, 0.717) is 36.0 Å². The molecule has 200 valence electrons. The van der Waals surface area contributed by atoms with E-state index in [0.717, 1.165) is 11.8 Å². The summed E-state index contributed by atoms with van der Waals surface area (Å²) < 4.78 is 75.2. The number of carbonyl (C=O) groups is 1. The lowest BCUT2D eigenvalue weighted by Gasteiger charge is -2.48. The van der Waals surface area contributed by atoms with E-state index in [4.69, 9.17) is 4.74 Å². The monoisotopic (exact) mass is 534 g/mol. The second kappa shape index (κ2) is 9.59. The van der Waals surface area contributed by atoms with E-state index in [1.807, 2.05) is 0 Å². The van der Waals surface area contributed by atoms with Gasteiger partial charge in [-0.1, -0.05) is 6.07 Å². The Morgan fingerprint density at radius 3 is 2.79 bits per heavy atom. The largest absolute Gasteiger partial charge is 0.435 e. The molecule has 0 radical (unpaired) electrons. The van der Waals surface area contributed by atoms with Gasteiger partial charge < -0.3 is 20.1 Å². The van der Waals surface area contributed by atoms with Gasteiger partial charge in [0.2, 0.25) is 0 Å². The van der Waals surface area contributed by atoms with E-state index in [1.54, 1.807) is 36.1 Å². The Bertz CT molecular complexity index is 1400. The number of amides is 1. The molecule has 5 rings (SSSR count). The summed E-state index contributed by atoms with van der Waals surface area (Å²) in [5, 5.41) is 18.6. The van der Waals surface area contributed by atoms with Crippen LogP contribution in [-0.4, -0.2) is 59.3 Å². The molecule has 2 aliphatic heterocycles. The number of morpholine rings is 1. The van der Waals surface area contributed by atoms with Gasteiger partial charge in [0.05, 0.1) is 37.6 Å². The van der Waals surface area contributed by atoms with E-state index in [2.05, 4.69) is 15.5 Å². The molecule has 1 fully saturated rings. The Kier molecular flexibility index (Phi) is 6.56. The summed E-state index contributed by atoms with van der Waals surface area (Å²) in [7, 11) is 0. The summed E-state index contributed by atoms with van der Waals surface area (Å²) in [6.45, 7) is 1.72. The number of ether oxygens (including phenoxy) is 1. The van der Waals surface area contributed by atoms with Crippen molar-refractivity contribution in [1.29, 1.82) is 0 Å². The minimum atomic E-state index is -4.75. The van der Waals surface area contributed by atoms with Crippen molar-refractivity contribution in [2.45, 2.75) is 31.2 Å². The van der Waals surface area contributed by atoms with Crippen molar-refractivity contribution in [3.05, 3.63) is 70.8 Å². The van der Waals surface area contributed by atoms with Crippen LogP contribution in [0.15, 0.2) is 42.6 Å². The first kappa shape index (κ1) is 26.0. The number of alkyl halides is 4. The van der Waals surface area contributed by atoms with Crippen LogP contribution in [0.25, 0.3) is 11.1 Å². The zero-order valence-corrected chi connectivity index (χ0v) is 20.1. The van der Waals surface area contributed by atoms with Crippen LogP contribution in [0.5, 0.6) is 0 Å². The Labute approximate surface area is 214 Å². The average Bonchev–Trinajstić information content (AvgIpc) is 2.90. The number of hydrogen-bond acceptors (Lipinski definition) is 6. The van der Waals surface area contributed by atoms with Crippen LogP contribution in [0, 0.1) is 12.7 Å². The third-order valence-electron chi connectivity index (χ3n) is 6.95. The lowest BCUT2D eigenvalue weighted by molar-refractivity contribution is -0.141. The molecule has 0 saturated carbocycles. The number of aliphatic hydroxyl groups excluding tert-OH is 1. The molecule has 2 atom stereocenters. The van der Waals surface area contributed by atoms with Crippen molar-refractivity contribution >= 4 is 17.3 Å². The predicted octanol–water partition coefficient (Wildman–Crippen LogP) is 4.32. The molecule has 38 heavy (non-hydrogen) atoms. The molecule has 2 N–H and O–H groups in total. The zero-order chi connectivity index (χ0) is 27.2. The number of anilines is 2. The highest BCUT2D eigenvalue weighted by Gasteiger charge is 2.49. The molecule has 0 unspecified atom stereocenters. The van der Waals surface area contributed by atoms with Crippen LogP contribution in [0.2, 0.25) is 0 Å². The van der Waals surface area contributed by atoms with Gasteiger partial charge in [-0.15, -0.1) is 5.10 Å². The molecular formula is C26H23F5N4O3. The fourth-order valence-corrected chi connectivity index (χ4v) is 4.95. The Morgan fingerprint density at radius 2 is 2.05 bits per heavy atom. The Balaban J connectivity index is 1.48. The smallest absolute Gasteiger partial charge is 0.393 e. The van der Waals surface area contributed by atoms with Crippen molar-refractivity contribution in [1.82, 2.24) is 10.2 Å². The molecular weight excluding hydrogens is 511 g/mol. The standard InChI is InChI=1S/C26H23F5N4O3/c1-14-2-3-17(33-24(37)16-8-22(26(29,30)31)34-32-11-16)9-18(14)15-6-20(27)19-10-25(28,13-36)23-12-38-5-4-35(23)21(19)7-15/h2-3,6-9,11,23,36H,4-5,10,12-13H2,1H3,(H,33,37)/t23-,25+/m0/s1. The highest BCUT2D eigenvalue weighted by molar-refractivity contribution is 6.04. The van der Waals surface area contributed by atoms with Crippen LogP contribution in [0.3, 0.4) is 0 Å². The van der Waals surface area contributed by atoms with Gasteiger partial charge >= 0.3 is 6.18 Å². The van der Waals surface area contributed by atoms with Gasteiger partial charge in [0.25, 0.3) is 5.91 Å². The SMILES string of the molecule is Cc1ccc(NC(=O)c2cnnc(C(F)(F)F)c2)cc1-c1cc(F)c2c(c1)N1CCOC[C@H]1[C@](F)(CO)C2. The van der Waals surface area contributed by atoms with Gasteiger partial charge in [0, 0.05) is 29.9 Å². The van der Waals surface area contributed by atoms with Gasteiger partial charge in [0.15, 0.2) is 11.4 Å². The molecule has 2 aliphatic rings. The second-order valence-corrected chi connectivity index (χ2v) is 9.42. The van der Waals surface area contributed by atoms with Gasteiger partial charge in [-0.3, -0.25) is 4.79 Å². The molecule has 1 amide bonds. The Morgan fingerprint density at radius 1 is 1.26 bits per heavy atom. The minimum absolute atomic E-state index is 0.0583. The normalized spacial score (nSPS) is 21.0. The predicted molar refractivity (Wildman–Crippen MR) is 128 cm³/mol. The number of fused-ring (bicyclic) bond motifs is 3. The lowest BCUT2D eigenvalue weighted by atomic mass is 9.81. The molecule has 0 bridgehead atoms. The maximum absolute atomic E-state index is 15.5. The molecule has 2 aromatic carbocycles. The highest BCUT2D eigenvalue weighted by Crippen LogP contribution is 2.43. The minimum Gasteiger partial charge on any atom is -0.393 e. The molecule has 1 aromatic heterocycles. The quantitative estimate of drug-likeness (QED) is 0.485. The summed E-state index contributed by atoms with van der Waals surface area (Å²) in [6.07, 6.45) is -4.13. The number of nitrogens with zero attached hydrogens (tertiary/aromatic N) is 3. The number of nitrogens with one attached hydrogen (secondary N) is 1. The van der Waals surface area contributed by atoms with E-state index < -0.39 is 41.9 Å². The first-order valence-corrected chi connectivity index (χ1v) is 11.8. The molecule has 0 spiro atoms. The molecule has 12 heteroatoms. The number of benzene rings is 2. The third-order valence-corrected chi connectivity index (χ3v) is 6.95. The highest BCUT2D eigenvalue weighted by atomic mass is 19.4. The fraction of sp³-hybridized carbons (Fsp3) is 0.346. The summed E-state index contributed by atoms with van der Waals surface area (Å²) in [5.41, 5.74) is -0.946. The van der Waals surface area contributed by atoms with Crippen molar-refractivity contribution in [3.8, 4) is 11.1 Å². The van der Waals surface area contributed by atoms with Gasteiger partial charge in [-0.25, -0.2) is 8.78 Å².